The summed E-state index contributed by atoms with van der Waals surface area (Å²) in [4.78, 5) is 10.3. The van der Waals surface area contributed by atoms with Crippen molar-refractivity contribution in [2.24, 2.45) is 0 Å². The second-order valence-electron chi connectivity index (χ2n) is 3.04. The summed E-state index contributed by atoms with van der Waals surface area (Å²) in [6.45, 7) is 0. The van der Waals surface area contributed by atoms with Crippen LogP contribution in [0, 0.1) is 3.57 Å². The van der Waals surface area contributed by atoms with Gasteiger partial charge in [-0.3, -0.25) is 9.52 Å². The van der Waals surface area contributed by atoms with Crippen LogP contribution in [-0.2, 0) is 14.8 Å². The molecule has 0 bridgehead atoms. The zero-order valence-electron chi connectivity index (χ0n) is 8.18. The monoisotopic (exact) mass is 355 g/mol. The highest BCUT2D eigenvalue weighted by Crippen LogP contribution is 2.18. The molecule has 0 saturated heterocycles. The molecule has 0 aliphatic carbocycles. The number of halogens is 1. The largest absolute Gasteiger partial charge is 0.481 e. The van der Waals surface area contributed by atoms with E-state index in [9.17, 15) is 13.2 Å². The molecule has 0 aliphatic heterocycles. The summed E-state index contributed by atoms with van der Waals surface area (Å²) < 4.78 is 26.1. The van der Waals surface area contributed by atoms with E-state index in [0.29, 0.717) is 5.69 Å². The zero-order valence-corrected chi connectivity index (χ0v) is 11.2. The lowest BCUT2D eigenvalue weighted by molar-refractivity contribution is -0.136. The number of nitrogens with one attached hydrogen (secondary N) is 1. The fourth-order valence-corrected chi connectivity index (χ4v) is 2.75. The number of anilines is 1. The van der Waals surface area contributed by atoms with Crippen molar-refractivity contribution in [1.29, 1.82) is 0 Å². The third-order valence-corrected chi connectivity index (χ3v) is 3.94. The summed E-state index contributed by atoms with van der Waals surface area (Å²) in [5.74, 6) is -1.55. The Morgan fingerprint density at radius 3 is 2.56 bits per heavy atom. The highest BCUT2D eigenvalue weighted by Gasteiger charge is 2.13. The molecule has 0 heterocycles. The summed E-state index contributed by atoms with van der Waals surface area (Å²) in [5.41, 5.74) is 0.466. The molecule has 1 rings (SSSR count). The van der Waals surface area contributed by atoms with Crippen LogP contribution in [0.25, 0.3) is 0 Å². The van der Waals surface area contributed by atoms with Crippen molar-refractivity contribution < 1.29 is 18.3 Å². The predicted molar refractivity (Wildman–Crippen MR) is 68.8 cm³/mol. The Balaban J connectivity index is 2.73. The fraction of sp³-hybridized carbons (Fsp3) is 0.222. The number of carbonyl (C=O) groups is 1. The number of sulfonamides is 1. The highest BCUT2D eigenvalue weighted by atomic mass is 127. The van der Waals surface area contributed by atoms with E-state index in [1.165, 1.54) is 0 Å². The van der Waals surface area contributed by atoms with Gasteiger partial charge in [-0.1, -0.05) is 12.1 Å². The minimum atomic E-state index is -3.59. The van der Waals surface area contributed by atoms with Crippen molar-refractivity contribution in [1.82, 2.24) is 0 Å². The molecular formula is C9H10INO4S. The van der Waals surface area contributed by atoms with Gasteiger partial charge in [-0.25, -0.2) is 8.42 Å². The maximum atomic E-state index is 11.5. The van der Waals surface area contributed by atoms with Gasteiger partial charge in [0.2, 0.25) is 10.0 Å². The molecule has 0 saturated carbocycles. The van der Waals surface area contributed by atoms with E-state index in [-0.39, 0.29) is 0 Å². The number of carboxylic acid groups (broad SMARTS) is 1. The highest BCUT2D eigenvalue weighted by molar-refractivity contribution is 14.1. The molecule has 1 aromatic rings. The molecule has 1 aromatic carbocycles. The number of aliphatic carboxylic acids is 1. The summed E-state index contributed by atoms with van der Waals surface area (Å²) >= 11 is 2.00. The standard InChI is InChI=1S/C9H10INO4S/c10-7-3-1-2-4-8(7)11-16(14,15)6-5-9(12)13/h1-4,11H,5-6H2,(H,12,13). The van der Waals surface area contributed by atoms with Crippen LogP contribution in [-0.4, -0.2) is 25.2 Å². The molecule has 0 fully saturated rings. The minimum Gasteiger partial charge on any atom is -0.481 e. The first-order chi connectivity index (χ1) is 7.41. The van der Waals surface area contributed by atoms with E-state index in [1.54, 1.807) is 24.3 Å². The summed E-state index contributed by atoms with van der Waals surface area (Å²) in [7, 11) is -3.59. The summed E-state index contributed by atoms with van der Waals surface area (Å²) in [6.07, 6.45) is -0.404. The normalized spacial score (nSPS) is 11.1. The van der Waals surface area contributed by atoms with Crippen LogP contribution in [0.1, 0.15) is 6.42 Å². The fourth-order valence-electron chi connectivity index (χ4n) is 0.984. The molecule has 2 N–H and O–H groups in total. The number of hydrogen-bond donors (Lipinski definition) is 2. The van der Waals surface area contributed by atoms with Gasteiger partial charge < -0.3 is 5.11 Å². The van der Waals surface area contributed by atoms with Gasteiger partial charge in [0.1, 0.15) is 0 Å². The molecule has 0 unspecified atom stereocenters. The SMILES string of the molecule is O=C(O)CCS(=O)(=O)Nc1ccccc1I. The van der Waals surface area contributed by atoms with Crippen LogP contribution in [0.15, 0.2) is 24.3 Å². The topological polar surface area (TPSA) is 83.5 Å². The Labute approximate surface area is 107 Å². The lowest BCUT2D eigenvalue weighted by Crippen LogP contribution is -2.19. The summed E-state index contributed by atoms with van der Waals surface area (Å²) in [5, 5.41) is 8.40. The maximum Gasteiger partial charge on any atom is 0.304 e. The Bertz CT molecular complexity index is 486. The van der Waals surface area contributed by atoms with Gasteiger partial charge in [0.15, 0.2) is 0 Å². The smallest absolute Gasteiger partial charge is 0.304 e. The molecule has 0 atom stereocenters. The minimum absolute atomic E-state index is 0.404. The van der Waals surface area contributed by atoms with Gasteiger partial charge in [-0.15, -0.1) is 0 Å². The third-order valence-electron chi connectivity index (χ3n) is 1.72. The predicted octanol–water partition coefficient (Wildman–Crippen LogP) is 1.51. The van der Waals surface area contributed by atoms with E-state index in [0.717, 1.165) is 3.57 Å². The average Bonchev–Trinajstić information content (AvgIpc) is 2.19. The Morgan fingerprint density at radius 1 is 1.38 bits per heavy atom. The second kappa shape index (κ2) is 5.48. The van der Waals surface area contributed by atoms with Crippen LogP contribution in [0.3, 0.4) is 0 Å². The summed E-state index contributed by atoms with van der Waals surface area (Å²) in [6, 6.07) is 6.88. The second-order valence-corrected chi connectivity index (χ2v) is 6.05. The number of carboxylic acids is 1. The van der Waals surface area contributed by atoms with Crippen molar-refractivity contribution in [3.05, 3.63) is 27.8 Å². The lowest BCUT2D eigenvalue weighted by Gasteiger charge is -2.08. The molecule has 0 aromatic heterocycles. The van der Waals surface area contributed by atoms with Crippen LogP contribution in [0.5, 0.6) is 0 Å². The zero-order chi connectivity index (χ0) is 12.2. The molecular weight excluding hydrogens is 345 g/mol. The number of rotatable bonds is 5. The maximum absolute atomic E-state index is 11.5. The van der Waals surface area contributed by atoms with Gasteiger partial charge in [-0.2, -0.15) is 0 Å². The van der Waals surface area contributed by atoms with Crippen LogP contribution in [0.4, 0.5) is 5.69 Å². The van der Waals surface area contributed by atoms with Crippen molar-refractivity contribution >= 4 is 44.3 Å². The van der Waals surface area contributed by atoms with Gasteiger partial charge in [0, 0.05) is 3.57 Å². The first-order valence-corrected chi connectivity index (χ1v) is 7.10. The Morgan fingerprint density at radius 2 is 2.00 bits per heavy atom. The molecule has 0 amide bonds. The first-order valence-electron chi connectivity index (χ1n) is 4.37. The Kier molecular flexibility index (Phi) is 4.54. The van der Waals surface area contributed by atoms with E-state index in [1.807, 2.05) is 22.6 Å². The van der Waals surface area contributed by atoms with Gasteiger partial charge in [0.05, 0.1) is 17.9 Å². The molecule has 88 valence electrons. The van der Waals surface area contributed by atoms with E-state index in [2.05, 4.69) is 4.72 Å². The van der Waals surface area contributed by atoms with E-state index < -0.39 is 28.2 Å². The molecule has 16 heavy (non-hydrogen) atoms. The van der Waals surface area contributed by atoms with Crippen molar-refractivity contribution in [2.45, 2.75) is 6.42 Å². The van der Waals surface area contributed by atoms with Crippen LogP contribution < -0.4 is 4.72 Å². The van der Waals surface area contributed by atoms with Gasteiger partial charge in [-0.05, 0) is 34.7 Å². The first kappa shape index (κ1) is 13.2. The average molecular weight is 355 g/mol. The number of benzene rings is 1. The van der Waals surface area contributed by atoms with Crippen LogP contribution >= 0.6 is 22.6 Å². The van der Waals surface area contributed by atoms with Crippen molar-refractivity contribution in [3.8, 4) is 0 Å². The lowest BCUT2D eigenvalue weighted by atomic mass is 10.3. The number of hydrogen-bond acceptors (Lipinski definition) is 3. The molecule has 7 heteroatoms. The van der Waals surface area contributed by atoms with E-state index in [4.69, 9.17) is 5.11 Å². The molecule has 5 nitrogen and oxygen atoms in total. The van der Waals surface area contributed by atoms with Crippen molar-refractivity contribution in [3.63, 3.8) is 0 Å². The Hall–Kier alpha value is -0.830. The van der Waals surface area contributed by atoms with E-state index >= 15 is 0 Å². The third kappa shape index (κ3) is 4.35. The van der Waals surface area contributed by atoms with Gasteiger partial charge in [0.25, 0.3) is 0 Å². The van der Waals surface area contributed by atoms with Crippen LogP contribution in [0.2, 0.25) is 0 Å². The molecule has 0 radical (unpaired) electrons. The van der Waals surface area contributed by atoms with Crippen molar-refractivity contribution in [2.75, 3.05) is 10.5 Å². The number of para-hydroxylation sites is 1. The quantitative estimate of drug-likeness (QED) is 0.785. The van der Waals surface area contributed by atoms with Gasteiger partial charge >= 0.3 is 5.97 Å². The molecule has 0 spiro atoms. The molecule has 0 aliphatic rings.